The maximum absolute atomic E-state index is 13.6. The molecule has 4 aromatic rings. The van der Waals surface area contributed by atoms with Crippen LogP contribution in [0.25, 0.3) is 0 Å². The van der Waals surface area contributed by atoms with Crippen LogP contribution in [0.4, 0.5) is 11.4 Å². The molecule has 1 aliphatic rings. The van der Waals surface area contributed by atoms with Crippen molar-refractivity contribution >= 4 is 23.2 Å². The van der Waals surface area contributed by atoms with Crippen molar-refractivity contribution in [3.05, 3.63) is 107 Å². The molecule has 0 spiro atoms. The summed E-state index contributed by atoms with van der Waals surface area (Å²) in [5.74, 6) is -0.729. The Morgan fingerprint density at radius 2 is 1.94 bits per heavy atom. The lowest BCUT2D eigenvalue weighted by Crippen LogP contribution is -2.47. The summed E-state index contributed by atoms with van der Waals surface area (Å²) in [6.45, 7) is 2.43. The van der Waals surface area contributed by atoms with E-state index in [4.69, 9.17) is 5.26 Å². The van der Waals surface area contributed by atoms with E-state index in [2.05, 4.69) is 15.4 Å². The van der Waals surface area contributed by atoms with E-state index in [1.807, 2.05) is 55.6 Å². The molecule has 3 heterocycles. The fourth-order valence-electron chi connectivity index (χ4n) is 4.31. The minimum Gasteiger partial charge on any atom is -0.322 e. The molecule has 2 amide bonds. The van der Waals surface area contributed by atoms with E-state index in [0.717, 1.165) is 23.2 Å². The van der Waals surface area contributed by atoms with Crippen LogP contribution in [-0.2, 0) is 13.0 Å². The molecule has 1 aliphatic heterocycles. The van der Waals surface area contributed by atoms with Crippen LogP contribution in [0.5, 0.6) is 0 Å². The molecule has 0 aliphatic carbocycles. The van der Waals surface area contributed by atoms with E-state index in [1.165, 1.54) is 6.20 Å². The lowest BCUT2D eigenvalue weighted by molar-refractivity contribution is 0.0933. The van der Waals surface area contributed by atoms with E-state index in [-0.39, 0.29) is 23.2 Å². The van der Waals surface area contributed by atoms with Crippen LogP contribution in [0.2, 0.25) is 0 Å². The quantitative estimate of drug-likeness (QED) is 0.482. The van der Waals surface area contributed by atoms with Crippen molar-refractivity contribution in [1.82, 2.24) is 14.8 Å². The van der Waals surface area contributed by atoms with E-state index in [1.54, 1.807) is 40.0 Å². The highest BCUT2D eigenvalue weighted by atomic mass is 16.2. The standard InChI is InChI=1S/C27H22N6O2/c1-18-17-32-25(24(16-30-32)26(34)31-22-6-2-4-20(13-22)14-28)27(35)33(18)23-9-7-19(8-10-23)12-21-5-3-11-29-15-21/h2-11,13,15-16,18H,12,17H2,1H3,(H,31,34)/t18-/m0/s1. The topological polar surface area (TPSA) is 104 Å². The average Bonchev–Trinajstić information content (AvgIpc) is 3.30. The van der Waals surface area contributed by atoms with Gasteiger partial charge in [-0.3, -0.25) is 19.3 Å². The summed E-state index contributed by atoms with van der Waals surface area (Å²) in [6.07, 6.45) is 5.76. The molecule has 0 unspecified atom stereocenters. The van der Waals surface area contributed by atoms with Gasteiger partial charge in [0.2, 0.25) is 0 Å². The molecular formula is C27H22N6O2. The van der Waals surface area contributed by atoms with Crippen molar-refractivity contribution in [3.8, 4) is 6.07 Å². The van der Waals surface area contributed by atoms with Crippen LogP contribution in [0.15, 0.2) is 79.3 Å². The molecule has 0 bridgehead atoms. The number of pyridine rings is 1. The van der Waals surface area contributed by atoms with Crippen molar-refractivity contribution in [2.24, 2.45) is 0 Å². The first-order valence-corrected chi connectivity index (χ1v) is 11.2. The highest BCUT2D eigenvalue weighted by Gasteiger charge is 2.35. The maximum Gasteiger partial charge on any atom is 0.277 e. The first kappa shape index (κ1) is 22.0. The molecule has 0 radical (unpaired) electrons. The number of amides is 2. The molecule has 0 saturated heterocycles. The van der Waals surface area contributed by atoms with Crippen molar-refractivity contribution in [3.63, 3.8) is 0 Å². The first-order chi connectivity index (χ1) is 17.0. The highest BCUT2D eigenvalue weighted by Crippen LogP contribution is 2.28. The van der Waals surface area contributed by atoms with E-state index >= 15 is 0 Å². The Morgan fingerprint density at radius 3 is 2.69 bits per heavy atom. The number of aromatic nitrogens is 3. The van der Waals surface area contributed by atoms with Crippen LogP contribution < -0.4 is 10.2 Å². The third kappa shape index (κ3) is 4.39. The third-order valence-electron chi connectivity index (χ3n) is 5.98. The second-order valence-electron chi connectivity index (χ2n) is 8.46. The number of nitrogens with one attached hydrogen (secondary N) is 1. The number of nitrogens with zero attached hydrogens (tertiary/aromatic N) is 5. The predicted molar refractivity (Wildman–Crippen MR) is 131 cm³/mol. The Balaban J connectivity index is 1.38. The predicted octanol–water partition coefficient (Wildman–Crippen LogP) is 4.04. The lowest BCUT2D eigenvalue weighted by Gasteiger charge is -2.34. The van der Waals surface area contributed by atoms with Gasteiger partial charge < -0.3 is 10.2 Å². The largest absolute Gasteiger partial charge is 0.322 e. The SMILES string of the molecule is C[C@H]1Cn2ncc(C(=O)Nc3cccc(C#N)c3)c2C(=O)N1c1ccc(Cc2cccnc2)cc1. The molecule has 172 valence electrons. The second-order valence-corrected chi connectivity index (χ2v) is 8.46. The monoisotopic (exact) mass is 462 g/mol. The number of hydrogen-bond donors (Lipinski definition) is 1. The zero-order valence-electron chi connectivity index (χ0n) is 19.0. The van der Waals surface area contributed by atoms with Gasteiger partial charge in [-0.05, 0) is 60.9 Å². The number of rotatable bonds is 5. The van der Waals surface area contributed by atoms with Gasteiger partial charge in [0.05, 0.1) is 36.0 Å². The van der Waals surface area contributed by atoms with Gasteiger partial charge in [0.25, 0.3) is 11.8 Å². The molecular weight excluding hydrogens is 440 g/mol. The van der Waals surface area contributed by atoms with Crippen molar-refractivity contribution in [2.45, 2.75) is 25.9 Å². The van der Waals surface area contributed by atoms with Gasteiger partial charge in [0, 0.05) is 23.8 Å². The molecule has 2 aromatic carbocycles. The molecule has 5 rings (SSSR count). The summed E-state index contributed by atoms with van der Waals surface area (Å²) in [5.41, 5.74) is 4.34. The number of benzene rings is 2. The summed E-state index contributed by atoms with van der Waals surface area (Å²) < 4.78 is 1.58. The summed E-state index contributed by atoms with van der Waals surface area (Å²) >= 11 is 0. The number of carbonyl (C=O) groups excluding carboxylic acids is 2. The minimum absolute atomic E-state index is 0.137. The average molecular weight is 463 g/mol. The molecule has 8 heteroatoms. The Hall–Kier alpha value is -4.77. The Bertz CT molecular complexity index is 1440. The number of nitriles is 1. The third-order valence-corrected chi connectivity index (χ3v) is 5.98. The summed E-state index contributed by atoms with van der Waals surface area (Å²) in [4.78, 5) is 32.5. The number of hydrogen-bond acceptors (Lipinski definition) is 5. The minimum atomic E-state index is -0.448. The Kier molecular flexibility index (Phi) is 5.81. The van der Waals surface area contributed by atoms with Gasteiger partial charge in [0.15, 0.2) is 0 Å². The van der Waals surface area contributed by atoms with Crippen LogP contribution in [-0.4, -0.2) is 32.6 Å². The number of anilines is 2. The van der Waals surface area contributed by atoms with Gasteiger partial charge >= 0.3 is 0 Å². The fourth-order valence-corrected chi connectivity index (χ4v) is 4.31. The van der Waals surface area contributed by atoms with Gasteiger partial charge in [-0.1, -0.05) is 24.3 Å². The van der Waals surface area contributed by atoms with Crippen LogP contribution >= 0.6 is 0 Å². The van der Waals surface area contributed by atoms with Crippen LogP contribution in [0.1, 0.15) is 44.5 Å². The van der Waals surface area contributed by atoms with E-state index in [9.17, 15) is 9.59 Å². The highest BCUT2D eigenvalue weighted by molar-refractivity contribution is 6.15. The lowest BCUT2D eigenvalue weighted by atomic mass is 10.0. The Morgan fingerprint density at radius 1 is 1.11 bits per heavy atom. The number of carbonyl (C=O) groups is 2. The van der Waals surface area contributed by atoms with Crippen molar-refractivity contribution < 1.29 is 9.59 Å². The normalized spacial score (nSPS) is 14.8. The van der Waals surface area contributed by atoms with E-state index < -0.39 is 5.91 Å². The smallest absolute Gasteiger partial charge is 0.277 e. The van der Waals surface area contributed by atoms with Gasteiger partial charge in [-0.15, -0.1) is 0 Å². The number of fused-ring (bicyclic) bond motifs is 1. The second kappa shape index (κ2) is 9.23. The van der Waals surface area contributed by atoms with Gasteiger partial charge in [0.1, 0.15) is 5.69 Å². The van der Waals surface area contributed by atoms with Crippen LogP contribution in [0, 0.1) is 11.3 Å². The Labute approximate surface area is 202 Å². The summed E-state index contributed by atoms with van der Waals surface area (Å²) in [7, 11) is 0. The van der Waals surface area contributed by atoms with E-state index in [0.29, 0.717) is 17.8 Å². The summed E-state index contributed by atoms with van der Waals surface area (Å²) in [5, 5.41) is 16.2. The zero-order chi connectivity index (χ0) is 24.4. The molecule has 0 fully saturated rings. The maximum atomic E-state index is 13.6. The van der Waals surface area contributed by atoms with Gasteiger partial charge in [-0.25, -0.2) is 0 Å². The van der Waals surface area contributed by atoms with Gasteiger partial charge in [-0.2, -0.15) is 10.4 Å². The fraction of sp³-hybridized carbons (Fsp3) is 0.148. The zero-order valence-corrected chi connectivity index (χ0v) is 19.0. The first-order valence-electron chi connectivity index (χ1n) is 11.2. The van der Waals surface area contributed by atoms with Crippen molar-refractivity contribution in [1.29, 1.82) is 5.26 Å². The molecule has 8 nitrogen and oxygen atoms in total. The molecule has 1 N–H and O–H groups in total. The molecule has 1 atom stereocenters. The van der Waals surface area contributed by atoms with Crippen LogP contribution in [0.3, 0.4) is 0 Å². The van der Waals surface area contributed by atoms with Crippen molar-refractivity contribution in [2.75, 3.05) is 10.2 Å². The molecule has 2 aromatic heterocycles. The summed E-state index contributed by atoms with van der Waals surface area (Å²) in [6, 6.07) is 20.3. The molecule has 35 heavy (non-hydrogen) atoms. The molecule has 0 saturated carbocycles.